The molecule has 68 valence electrons. The van der Waals surface area contributed by atoms with Gasteiger partial charge in [-0.2, -0.15) is 0 Å². The SMILES string of the molecule is CNC(C)C(=O)/C(C)=C(/C)C=O. The minimum absolute atomic E-state index is 0.0258. The minimum Gasteiger partial charge on any atom is -0.310 e. The third-order valence-electron chi connectivity index (χ3n) is 1.96. The number of rotatable bonds is 4. The number of hydrogen-bond acceptors (Lipinski definition) is 3. The molecule has 0 heterocycles. The van der Waals surface area contributed by atoms with E-state index in [2.05, 4.69) is 5.32 Å². The first-order chi connectivity index (χ1) is 5.54. The number of aldehydes is 1. The van der Waals surface area contributed by atoms with Crippen molar-refractivity contribution in [1.82, 2.24) is 5.32 Å². The van der Waals surface area contributed by atoms with E-state index < -0.39 is 0 Å². The Morgan fingerprint density at radius 3 is 2.25 bits per heavy atom. The summed E-state index contributed by atoms with van der Waals surface area (Å²) in [6, 6.07) is -0.222. The quantitative estimate of drug-likeness (QED) is 0.497. The monoisotopic (exact) mass is 169 g/mol. The molecule has 1 unspecified atom stereocenters. The number of ketones is 1. The maximum atomic E-state index is 11.4. The van der Waals surface area contributed by atoms with E-state index in [4.69, 9.17) is 0 Å². The molecule has 0 aromatic carbocycles. The summed E-state index contributed by atoms with van der Waals surface area (Å²) in [5.74, 6) is -0.0258. The molecule has 1 N–H and O–H groups in total. The van der Waals surface area contributed by atoms with Crippen LogP contribution >= 0.6 is 0 Å². The molecule has 0 aliphatic carbocycles. The van der Waals surface area contributed by atoms with Crippen LogP contribution in [0.25, 0.3) is 0 Å². The van der Waals surface area contributed by atoms with Crippen molar-refractivity contribution in [2.75, 3.05) is 7.05 Å². The molecule has 0 saturated carbocycles. The fraction of sp³-hybridized carbons (Fsp3) is 0.556. The second-order valence-corrected chi connectivity index (χ2v) is 2.80. The van der Waals surface area contributed by atoms with Crippen molar-refractivity contribution in [3.05, 3.63) is 11.1 Å². The summed E-state index contributed by atoms with van der Waals surface area (Å²) < 4.78 is 0. The van der Waals surface area contributed by atoms with Gasteiger partial charge in [0.05, 0.1) is 6.04 Å². The molecule has 0 radical (unpaired) electrons. The van der Waals surface area contributed by atoms with Gasteiger partial charge in [-0.15, -0.1) is 0 Å². The number of Topliss-reactive ketones (excluding diaryl/α,β-unsaturated/α-hetero) is 1. The van der Waals surface area contributed by atoms with Gasteiger partial charge in [-0.3, -0.25) is 9.59 Å². The molecule has 1 atom stereocenters. The van der Waals surface area contributed by atoms with Crippen LogP contribution < -0.4 is 5.32 Å². The van der Waals surface area contributed by atoms with Crippen LogP contribution in [0.4, 0.5) is 0 Å². The smallest absolute Gasteiger partial charge is 0.175 e. The van der Waals surface area contributed by atoms with Crippen LogP contribution in [0.1, 0.15) is 20.8 Å². The molecule has 0 saturated heterocycles. The lowest BCUT2D eigenvalue weighted by molar-refractivity contribution is -0.117. The van der Waals surface area contributed by atoms with E-state index in [1.54, 1.807) is 27.8 Å². The Balaban J connectivity index is 4.59. The highest BCUT2D eigenvalue weighted by atomic mass is 16.1. The average Bonchev–Trinajstić information content (AvgIpc) is 2.12. The van der Waals surface area contributed by atoms with Gasteiger partial charge in [-0.25, -0.2) is 0 Å². The molecule has 0 aromatic heterocycles. The van der Waals surface area contributed by atoms with Gasteiger partial charge in [-0.1, -0.05) is 0 Å². The van der Waals surface area contributed by atoms with E-state index in [0.717, 1.165) is 0 Å². The molecule has 0 bridgehead atoms. The molecule has 3 heteroatoms. The van der Waals surface area contributed by atoms with Gasteiger partial charge < -0.3 is 5.32 Å². The number of nitrogens with one attached hydrogen (secondary N) is 1. The summed E-state index contributed by atoms with van der Waals surface area (Å²) in [6.07, 6.45) is 0.704. The Kier molecular flexibility index (Phi) is 4.44. The van der Waals surface area contributed by atoms with Crippen molar-refractivity contribution in [3.8, 4) is 0 Å². The standard InChI is InChI=1S/C9H15NO2/c1-6(5-11)7(2)9(12)8(3)10-4/h5,8,10H,1-4H3/b7-6-. The van der Waals surface area contributed by atoms with Gasteiger partial charge in [0.15, 0.2) is 5.78 Å². The maximum Gasteiger partial charge on any atom is 0.175 e. The molecule has 0 aliphatic rings. The van der Waals surface area contributed by atoms with Gasteiger partial charge in [0.1, 0.15) is 6.29 Å². The van der Waals surface area contributed by atoms with Crippen molar-refractivity contribution in [1.29, 1.82) is 0 Å². The third-order valence-corrected chi connectivity index (χ3v) is 1.96. The van der Waals surface area contributed by atoms with Crippen LogP contribution in [0.15, 0.2) is 11.1 Å². The Bertz CT molecular complexity index is 219. The van der Waals surface area contributed by atoms with Gasteiger partial charge in [-0.05, 0) is 39.0 Å². The van der Waals surface area contributed by atoms with Crippen molar-refractivity contribution in [2.45, 2.75) is 26.8 Å². The number of likely N-dealkylation sites (N-methyl/N-ethyl adjacent to an activating group) is 1. The largest absolute Gasteiger partial charge is 0.310 e. The van der Waals surface area contributed by atoms with E-state index in [1.165, 1.54) is 0 Å². The van der Waals surface area contributed by atoms with E-state index >= 15 is 0 Å². The number of allylic oxidation sites excluding steroid dienone is 1. The van der Waals surface area contributed by atoms with Crippen molar-refractivity contribution in [2.24, 2.45) is 0 Å². The fourth-order valence-electron chi connectivity index (χ4n) is 0.739. The molecule has 0 aromatic rings. The van der Waals surface area contributed by atoms with Gasteiger partial charge in [0.2, 0.25) is 0 Å². The van der Waals surface area contributed by atoms with E-state index in [0.29, 0.717) is 17.4 Å². The van der Waals surface area contributed by atoms with Gasteiger partial charge >= 0.3 is 0 Å². The zero-order chi connectivity index (χ0) is 9.72. The highest BCUT2D eigenvalue weighted by Gasteiger charge is 2.13. The normalized spacial score (nSPS) is 15.0. The molecule has 0 aliphatic heterocycles. The predicted octanol–water partition coefficient (Wildman–Crippen LogP) is 0.699. The lowest BCUT2D eigenvalue weighted by Gasteiger charge is -2.09. The molecular formula is C9H15NO2. The van der Waals surface area contributed by atoms with Crippen molar-refractivity contribution < 1.29 is 9.59 Å². The molecule has 3 nitrogen and oxygen atoms in total. The Morgan fingerprint density at radius 1 is 1.42 bits per heavy atom. The highest BCUT2D eigenvalue weighted by Crippen LogP contribution is 2.04. The highest BCUT2D eigenvalue weighted by molar-refractivity contribution is 6.02. The number of carbonyl (C=O) groups is 2. The zero-order valence-electron chi connectivity index (χ0n) is 7.97. The first-order valence-electron chi connectivity index (χ1n) is 3.88. The van der Waals surface area contributed by atoms with Crippen LogP contribution in [0, 0.1) is 0 Å². The van der Waals surface area contributed by atoms with Crippen LogP contribution in [0.3, 0.4) is 0 Å². The first-order valence-corrected chi connectivity index (χ1v) is 3.88. The van der Waals surface area contributed by atoms with E-state index in [1.807, 2.05) is 0 Å². The average molecular weight is 169 g/mol. The lowest BCUT2D eigenvalue weighted by atomic mass is 10.0. The lowest BCUT2D eigenvalue weighted by Crippen LogP contribution is -2.31. The van der Waals surface area contributed by atoms with Crippen LogP contribution in [0.2, 0.25) is 0 Å². The van der Waals surface area contributed by atoms with Crippen molar-refractivity contribution >= 4 is 12.1 Å². The Labute approximate surface area is 72.8 Å². The molecule has 12 heavy (non-hydrogen) atoms. The summed E-state index contributed by atoms with van der Waals surface area (Å²) in [5.41, 5.74) is 1.04. The number of hydrogen-bond donors (Lipinski definition) is 1. The van der Waals surface area contributed by atoms with Crippen LogP contribution in [-0.2, 0) is 9.59 Å². The van der Waals surface area contributed by atoms with Crippen LogP contribution in [-0.4, -0.2) is 25.2 Å². The molecule has 0 fully saturated rings. The number of carbonyl (C=O) groups excluding carboxylic acids is 2. The van der Waals surface area contributed by atoms with Gasteiger partial charge in [0.25, 0.3) is 0 Å². The van der Waals surface area contributed by atoms with E-state index in [9.17, 15) is 9.59 Å². The zero-order valence-corrected chi connectivity index (χ0v) is 7.97. The Morgan fingerprint density at radius 2 is 1.92 bits per heavy atom. The van der Waals surface area contributed by atoms with Crippen molar-refractivity contribution in [3.63, 3.8) is 0 Å². The fourth-order valence-corrected chi connectivity index (χ4v) is 0.739. The topological polar surface area (TPSA) is 46.2 Å². The molecule has 0 rings (SSSR count). The van der Waals surface area contributed by atoms with E-state index in [-0.39, 0.29) is 11.8 Å². The predicted molar refractivity (Wildman–Crippen MR) is 48.0 cm³/mol. The summed E-state index contributed by atoms with van der Waals surface area (Å²) in [6.45, 7) is 5.08. The summed E-state index contributed by atoms with van der Waals surface area (Å²) in [4.78, 5) is 21.7. The maximum absolute atomic E-state index is 11.4. The van der Waals surface area contributed by atoms with Gasteiger partial charge in [0, 0.05) is 0 Å². The summed E-state index contributed by atoms with van der Waals surface area (Å²) >= 11 is 0. The summed E-state index contributed by atoms with van der Waals surface area (Å²) in [7, 11) is 1.71. The molecule has 0 spiro atoms. The molecular weight excluding hydrogens is 154 g/mol. The second kappa shape index (κ2) is 4.83. The second-order valence-electron chi connectivity index (χ2n) is 2.80. The first kappa shape index (κ1) is 11.0. The Hall–Kier alpha value is -0.960. The third kappa shape index (κ3) is 2.58. The summed E-state index contributed by atoms with van der Waals surface area (Å²) in [5, 5.41) is 2.82. The van der Waals surface area contributed by atoms with Crippen LogP contribution in [0.5, 0.6) is 0 Å². The minimum atomic E-state index is -0.222. The molecule has 0 amide bonds.